The standard InChI is InChI=1S/C26H20ClNO3/c1-17-7-5-6-10-21(17)25-22(13-20(15-28-25)26(29)30)19-11-12-23(27)24(14-19)31-16-18-8-3-2-4-9-18/h2-15H,16H2,1H3,(H,29,30). The van der Waals surface area contributed by atoms with Gasteiger partial charge < -0.3 is 9.84 Å². The Bertz CT molecular complexity index is 1240. The lowest BCUT2D eigenvalue weighted by molar-refractivity contribution is 0.0696. The molecule has 31 heavy (non-hydrogen) atoms. The zero-order valence-electron chi connectivity index (χ0n) is 16.9. The fourth-order valence-corrected chi connectivity index (χ4v) is 3.54. The molecule has 154 valence electrons. The van der Waals surface area contributed by atoms with Crippen LogP contribution in [0, 0.1) is 6.92 Å². The van der Waals surface area contributed by atoms with Crippen molar-refractivity contribution < 1.29 is 14.6 Å². The van der Waals surface area contributed by atoms with Crippen LogP contribution in [0.5, 0.6) is 5.75 Å². The molecule has 4 aromatic rings. The van der Waals surface area contributed by atoms with E-state index >= 15 is 0 Å². The van der Waals surface area contributed by atoms with E-state index < -0.39 is 5.97 Å². The molecular formula is C26H20ClNO3. The highest BCUT2D eigenvalue weighted by Crippen LogP contribution is 2.37. The largest absolute Gasteiger partial charge is 0.487 e. The van der Waals surface area contributed by atoms with Crippen LogP contribution in [0.4, 0.5) is 0 Å². The molecule has 1 N–H and O–H groups in total. The number of carbonyl (C=O) groups is 1. The first-order chi connectivity index (χ1) is 15.0. The van der Waals surface area contributed by atoms with E-state index in [-0.39, 0.29) is 5.56 Å². The zero-order chi connectivity index (χ0) is 21.8. The van der Waals surface area contributed by atoms with Crippen molar-refractivity contribution in [2.24, 2.45) is 0 Å². The topological polar surface area (TPSA) is 59.4 Å². The summed E-state index contributed by atoms with van der Waals surface area (Å²) in [7, 11) is 0. The molecule has 0 spiro atoms. The van der Waals surface area contributed by atoms with Crippen LogP contribution in [-0.4, -0.2) is 16.1 Å². The van der Waals surface area contributed by atoms with Crippen LogP contribution in [0.1, 0.15) is 21.5 Å². The third-order valence-electron chi connectivity index (χ3n) is 5.01. The Balaban J connectivity index is 1.78. The molecule has 0 radical (unpaired) electrons. The van der Waals surface area contributed by atoms with Crippen molar-refractivity contribution >= 4 is 17.6 Å². The van der Waals surface area contributed by atoms with Gasteiger partial charge >= 0.3 is 5.97 Å². The quantitative estimate of drug-likeness (QED) is 0.372. The van der Waals surface area contributed by atoms with Gasteiger partial charge in [-0.1, -0.05) is 72.3 Å². The van der Waals surface area contributed by atoms with Gasteiger partial charge in [0.1, 0.15) is 12.4 Å². The second-order valence-electron chi connectivity index (χ2n) is 7.16. The summed E-state index contributed by atoms with van der Waals surface area (Å²) in [5.41, 5.74) is 5.33. The lowest BCUT2D eigenvalue weighted by atomic mass is 9.95. The summed E-state index contributed by atoms with van der Waals surface area (Å²) in [4.78, 5) is 16.1. The van der Waals surface area contributed by atoms with Gasteiger partial charge in [0.05, 0.1) is 16.3 Å². The Labute approximate surface area is 185 Å². The van der Waals surface area contributed by atoms with Crippen molar-refractivity contribution in [2.45, 2.75) is 13.5 Å². The molecule has 1 heterocycles. The number of aryl methyl sites for hydroxylation is 1. The molecule has 3 aromatic carbocycles. The van der Waals surface area contributed by atoms with E-state index in [1.807, 2.05) is 73.7 Å². The maximum Gasteiger partial charge on any atom is 0.337 e. The number of rotatable bonds is 6. The summed E-state index contributed by atoms with van der Waals surface area (Å²) in [6.45, 7) is 2.38. The van der Waals surface area contributed by atoms with E-state index in [1.54, 1.807) is 12.1 Å². The average Bonchev–Trinajstić information content (AvgIpc) is 2.79. The molecule has 0 aliphatic heterocycles. The minimum Gasteiger partial charge on any atom is -0.487 e. The van der Waals surface area contributed by atoms with Crippen LogP contribution in [0.2, 0.25) is 5.02 Å². The molecule has 0 saturated carbocycles. The lowest BCUT2D eigenvalue weighted by Crippen LogP contribution is -2.01. The van der Waals surface area contributed by atoms with Crippen molar-refractivity contribution in [1.29, 1.82) is 0 Å². The summed E-state index contributed by atoms with van der Waals surface area (Å²) in [5.74, 6) is -0.501. The normalized spacial score (nSPS) is 10.6. The Morgan fingerprint density at radius 2 is 1.71 bits per heavy atom. The average molecular weight is 430 g/mol. The van der Waals surface area contributed by atoms with Crippen molar-refractivity contribution in [3.8, 4) is 28.1 Å². The molecule has 0 bridgehead atoms. The summed E-state index contributed by atoms with van der Waals surface area (Å²) >= 11 is 6.38. The van der Waals surface area contributed by atoms with E-state index in [9.17, 15) is 9.90 Å². The van der Waals surface area contributed by atoms with E-state index in [1.165, 1.54) is 6.20 Å². The molecule has 0 aliphatic rings. The van der Waals surface area contributed by atoms with Gasteiger partial charge in [0, 0.05) is 17.3 Å². The Morgan fingerprint density at radius 3 is 2.45 bits per heavy atom. The van der Waals surface area contributed by atoms with Gasteiger partial charge in [-0.3, -0.25) is 4.98 Å². The number of pyridine rings is 1. The third-order valence-corrected chi connectivity index (χ3v) is 5.33. The molecule has 0 saturated heterocycles. The van der Waals surface area contributed by atoms with Gasteiger partial charge in [-0.25, -0.2) is 4.79 Å². The first-order valence-electron chi connectivity index (χ1n) is 9.79. The predicted molar refractivity (Wildman–Crippen MR) is 123 cm³/mol. The van der Waals surface area contributed by atoms with Gasteiger partial charge in [-0.2, -0.15) is 0 Å². The lowest BCUT2D eigenvalue weighted by Gasteiger charge is -2.14. The smallest absolute Gasteiger partial charge is 0.337 e. The first-order valence-corrected chi connectivity index (χ1v) is 10.2. The van der Waals surface area contributed by atoms with E-state index in [4.69, 9.17) is 16.3 Å². The van der Waals surface area contributed by atoms with Crippen molar-refractivity contribution in [2.75, 3.05) is 0 Å². The summed E-state index contributed by atoms with van der Waals surface area (Å²) in [5, 5.41) is 9.98. The highest BCUT2D eigenvalue weighted by atomic mass is 35.5. The number of ether oxygens (including phenoxy) is 1. The number of halogens is 1. The number of hydrogen-bond acceptors (Lipinski definition) is 3. The summed E-state index contributed by atoms with van der Waals surface area (Å²) in [6, 6.07) is 24.8. The highest BCUT2D eigenvalue weighted by molar-refractivity contribution is 6.32. The minimum absolute atomic E-state index is 0.119. The molecule has 0 fully saturated rings. The number of nitrogens with zero attached hydrogens (tertiary/aromatic N) is 1. The molecular weight excluding hydrogens is 410 g/mol. The number of aromatic carboxylic acids is 1. The van der Waals surface area contributed by atoms with E-state index in [0.717, 1.165) is 22.3 Å². The second kappa shape index (κ2) is 9.02. The predicted octanol–water partition coefficient (Wildman–Crippen LogP) is 6.65. The molecule has 1 aromatic heterocycles. The number of carboxylic acid groups (broad SMARTS) is 1. The molecule has 4 nitrogen and oxygen atoms in total. The van der Waals surface area contributed by atoms with Crippen molar-refractivity contribution in [1.82, 2.24) is 4.98 Å². The second-order valence-corrected chi connectivity index (χ2v) is 7.57. The molecule has 0 aliphatic carbocycles. The molecule has 5 heteroatoms. The Morgan fingerprint density at radius 1 is 0.968 bits per heavy atom. The van der Waals surface area contributed by atoms with Crippen LogP contribution < -0.4 is 4.74 Å². The van der Waals surface area contributed by atoms with Crippen LogP contribution in [0.25, 0.3) is 22.4 Å². The van der Waals surface area contributed by atoms with Crippen LogP contribution in [0.15, 0.2) is 85.1 Å². The van der Waals surface area contributed by atoms with Crippen molar-refractivity contribution in [3.63, 3.8) is 0 Å². The SMILES string of the molecule is Cc1ccccc1-c1ncc(C(=O)O)cc1-c1ccc(Cl)c(OCc2ccccc2)c1. The Hall–Kier alpha value is -3.63. The zero-order valence-corrected chi connectivity index (χ0v) is 17.6. The molecule has 0 unspecified atom stereocenters. The van der Waals surface area contributed by atoms with Crippen LogP contribution in [0.3, 0.4) is 0 Å². The first kappa shape index (κ1) is 20.6. The fraction of sp³-hybridized carbons (Fsp3) is 0.0769. The number of hydrogen-bond donors (Lipinski definition) is 1. The number of carboxylic acids is 1. The fourth-order valence-electron chi connectivity index (χ4n) is 3.37. The third kappa shape index (κ3) is 4.60. The number of benzene rings is 3. The van der Waals surface area contributed by atoms with Crippen LogP contribution in [-0.2, 0) is 6.61 Å². The molecule has 0 amide bonds. The van der Waals surface area contributed by atoms with Gasteiger partial charge in [0.2, 0.25) is 0 Å². The Kier molecular flexibility index (Phi) is 6.01. The minimum atomic E-state index is -1.03. The summed E-state index contributed by atoms with van der Waals surface area (Å²) in [6.07, 6.45) is 1.39. The van der Waals surface area contributed by atoms with Crippen LogP contribution >= 0.6 is 11.6 Å². The summed E-state index contributed by atoms with van der Waals surface area (Å²) < 4.78 is 5.96. The van der Waals surface area contributed by atoms with E-state index in [2.05, 4.69) is 4.98 Å². The molecule has 0 atom stereocenters. The number of aromatic nitrogens is 1. The molecule has 4 rings (SSSR count). The van der Waals surface area contributed by atoms with Gasteiger partial charge in [0.15, 0.2) is 0 Å². The monoisotopic (exact) mass is 429 g/mol. The van der Waals surface area contributed by atoms with Gasteiger partial charge in [-0.15, -0.1) is 0 Å². The van der Waals surface area contributed by atoms with Gasteiger partial charge in [0.25, 0.3) is 0 Å². The maximum absolute atomic E-state index is 11.6. The maximum atomic E-state index is 11.6. The van der Waals surface area contributed by atoms with Gasteiger partial charge in [-0.05, 0) is 41.8 Å². The van der Waals surface area contributed by atoms with E-state index in [0.29, 0.717) is 28.6 Å². The highest BCUT2D eigenvalue weighted by Gasteiger charge is 2.16. The van der Waals surface area contributed by atoms with Crippen molar-refractivity contribution in [3.05, 3.63) is 107 Å².